The molecular weight excluding hydrogens is 674 g/mol. The first kappa shape index (κ1) is 40.8. The predicted octanol–water partition coefficient (Wildman–Crippen LogP) is 7.86. The lowest BCUT2D eigenvalue weighted by Gasteiger charge is -2.22. The molecule has 2 N–H and O–H groups in total. The Hall–Kier alpha value is -2.63. The maximum atomic E-state index is 13.8. The molecule has 1 aromatic carbocycles. The maximum absolute atomic E-state index is 13.8. The molecule has 2 unspecified atom stereocenters. The minimum atomic E-state index is -4.89. The second-order valence-electron chi connectivity index (χ2n) is 12.3. The van der Waals surface area contributed by atoms with Crippen molar-refractivity contribution >= 4 is 21.4 Å². The van der Waals surface area contributed by atoms with E-state index >= 15 is 0 Å². The fourth-order valence-corrected chi connectivity index (χ4v) is 8.50. The Bertz CT molecular complexity index is 1550. The van der Waals surface area contributed by atoms with Gasteiger partial charge in [-0.05, 0) is 43.5 Å². The van der Waals surface area contributed by atoms with Crippen molar-refractivity contribution in [3.63, 3.8) is 0 Å². The lowest BCUT2D eigenvalue weighted by molar-refractivity contribution is -0.134. The summed E-state index contributed by atoms with van der Waals surface area (Å²) in [5.41, 5.74) is -0.274. The van der Waals surface area contributed by atoms with Crippen molar-refractivity contribution in [1.29, 1.82) is 0 Å². The molecular formula is C34H52N2O11P2. The van der Waals surface area contributed by atoms with Crippen LogP contribution >= 0.6 is 15.4 Å². The molecule has 2 aromatic rings. The SMILES string of the molecule is CCCCCCCCCCCCP(=O)(OCc1ccc(OC(=O)CCCC)cc1)OP(=O)(O)OC[C@@H]1C=C[C@H](n2cc(C)c(=O)[nH]c2=O)O1. The highest BCUT2D eigenvalue weighted by Crippen LogP contribution is 2.63. The van der Waals surface area contributed by atoms with Gasteiger partial charge in [0.25, 0.3) is 5.56 Å². The number of ether oxygens (including phenoxy) is 2. The Morgan fingerprint density at radius 1 is 0.898 bits per heavy atom. The number of nitrogens with one attached hydrogen (secondary N) is 1. The van der Waals surface area contributed by atoms with Gasteiger partial charge in [-0.2, -0.15) is 0 Å². The molecule has 0 saturated heterocycles. The first-order valence-electron chi connectivity index (χ1n) is 17.3. The Morgan fingerprint density at radius 3 is 2.18 bits per heavy atom. The van der Waals surface area contributed by atoms with E-state index in [-0.39, 0.29) is 18.7 Å². The molecule has 0 fully saturated rings. The third kappa shape index (κ3) is 15.0. The summed E-state index contributed by atoms with van der Waals surface area (Å²) in [6, 6.07) is 6.50. The van der Waals surface area contributed by atoms with Gasteiger partial charge < -0.3 is 18.9 Å². The summed E-state index contributed by atoms with van der Waals surface area (Å²) in [5.74, 6) is 0.0438. The molecule has 0 bridgehead atoms. The molecule has 1 aliphatic heterocycles. The van der Waals surface area contributed by atoms with Crippen molar-refractivity contribution in [2.45, 2.75) is 123 Å². The van der Waals surface area contributed by atoms with Crippen LogP contribution in [0.25, 0.3) is 0 Å². The topological polar surface area (TPSA) is 172 Å². The van der Waals surface area contributed by atoms with E-state index in [4.69, 9.17) is 22.8 Å². The molecule has 2 heterocycles. The number of hydrogen-bond acceptors (Lipinski definition) is 10. The summed E-state index contributed by atoms with van der Waals surface area (Å²) in [6.07, 6.45) is 15.1. The van der Waals surface area contributed by atoms with Crippen LogP contribution in [-0.2, 0) is 38.6 Å². The molecule has 1 aromatic heterocycles. The Balaban J connectivity index is 1.56. The van der Waals surface area contributed by atoms with Crippen LogP contribution in [-0.4, -0.2) is 39.3 Å². The average molecular weight is 727 g/mol. The number of unbranched alkanes of at least 4 members (excludes halogenated alkanes) is 10. The summed E-state index contributed by atoms with van der Waals surface area (Å²) in [5, 5.41) is 0. The van der Waals surface area contributed by atoms with Gasteiger partial charge in [0.2, 0.25) is 0 Å². The number of aromatic nitrogens is 2. The van der Waals surface area contributed by atoms with E-state index in [2.05, 4.69) is 11.9 Å². The molecule has 0 spiro atoms. The van der Waals surface area contributed by atoms with E-state index in [9.17, 15) is 28.4 Å². The molecule has 4 atom stereocenters. The van der Waals surface area contributed by atoms with E-state index < -0.39 is 45.6 Å². The zero-order valence-electron chi connectivity index (χ0n) is 28.9. The number of carbonyl (C=O) groups excluding carboxylic acids is 1. The monoisotopic (exact) mass is 726 g/mol. The lowest BCUT2D eigenvalue weighted by atomic mass is 10.1. The number of hydrogen-bond donors (Lipinski definition) is 2. The first-order chi connectivity index (χ1) is 23.4. The van der Waals surface area contributed by atoms with Crippen molar-refractivity contribution in [1.82, 2.24) is 9.55 Å². The predicted molar refractivity (Wildman–Crippen MR) is 187 cm³/mol. The first-order valence-corrected chi connectivity index (χ1v) is 20.5. The highest BCUT2D eigenvalue weighted by molar-refractivity contribution is 7.64. The summed E-state index contributed by atoms with van der Waals surface area (Å²) in [4.78, 5) is 48.6. The van der Waals surface area contributed by atoms with Gasteiger partial charge in [0.05, 0.1) is 19.4 Å². The molecule has 15 heteroatoms. The third-order valence-electron chi connectivity index (χ3n) is 7.96. The molecule has 0 aliphatic carbocycles. The van der Waals surface area contributed by atoms with E-state index in [1.807, 2.05) is 6.92 Å². The molecule has 0 amide bonds. The zero-order valence-corrected chi connectivity index (χ0v) is 30.7. The van der Waals surface area contributed by atoms with E-state index in [1.54, 1.807) is 43.3 Å². The fourth-order valence-electron chi connectivity index (χ4n) is 5.12. The molecule has 0 saturated carbocycles. The number of nitrogens with zero attached hydrogens (tertiary/aromatic N) is 1. The largest absolute Gasteiger partial charge is 0.479 e. The number of H-pyrrole nitrogens is 1. The van der Waals surface area contributed by atoms with E-state index in [0.29, 0.717) is 29.7 Å². The van der Waals surface area contributed by atoms with Gasteiger partial charge in [0.15, 0.2) is 6.23 Å². The number of aromatic amines is 1. The van der Waals surface area contributed by atoms with Crippen LogP contribution in [0.1, 0.15) is 115 Å². The van der Waals surface area contributed by atoms with E-state index in [0.717, 1.165) is 38.5 Å². The van der Waals surface area contributed by atoms with Gasteiger partial charge in [-0.1, -0.05) is 96.3 Å². The maximum Gasteiger partial charge on any atom is 0.479 e. The van der Waals surface area contributed by atoms with Crippen LogP contribution < -0.4 is 16.0 Å². The number of esters is 1. The smallest absolute Gasteiger partial charge is 0.427 e. The summed E-state index contributed by atoms with van der Waals surface area (Å²) >= 11 is 0. The fraction of sp³-hybridized carbons (Fsp3) is 0.618. The highest BCUT2D eigenvalue weighted by Gasteiger charge is 2.37. The normalized spacial score (nSPS) is 18.3. The van der Waals surface area contributed by atoms with Crippen LogP contribution in [0.5, 0.6) is 5.75 Å². The molecule has 13 nitrogen and oxygen atoms in total. The molecule has 3 rings (SSSR count). The minimum absolute atomic E-state index is 0.0824. The second-order valence-corrected chi connectivity index (χ2v) is 16.1. The molecule has 274 valence electrons. The second kappa shape index (κ2) is 20.9. The van der Waals surface area contributed by atoms with Crippen molar-refractivity contribution < 1.29 is 41.6 Å². The third-order valence-corrected chi connectivity index (χ3v) is 11.6. The summed E-state index contributed by atoms with van der Waals surface area (Å²) in [7, 11) is -9.02. The Labute approximate surface area is 288 Å². The van der Waals surface area contributed by atoms with Gasteiger partial charge in [-0.3, -0.25) is 28.2 Å². The lowest BCUT2D eigenvalue weighted by Crippen LogP contribution is -2.33. The number of rotatable bonds is 24. The standard InChI is InChI=1S/C34H52N2O11P2/c1-4-6-8-9-10-11-12-13-14-15-23-48(40,43-25-28-17-19-29(20-18-28)46-32(37)16-7-5-2)47-49(41,42)44-26-30-21-22-31(45-30)36-24-27(3)33(38)35-34(36)39/h17-22,24,30-31H,4-16,23,25-26H2,1-3H3,(H,41,42)(H,35,38,39)/t30-,31+,48?/m0/s1. The van der Waals surface area contributed by atoms with Crippen molar-refractivity contribution in [2.75, 3.05) is 12.8 Å². The van der Waals surface area contributed by atoms with Crippen LogP contribution in [0, 0.1) is 6.92 Å². The van der Waals surface area contributed by atoms with Crippen molar-refractivity contribution in [3.8, 4) is 5.75 Å². The van der Waals surface area contributed by atoms with Crippen molar-refractivity contribution in [2.24, 2.45) is 0 Å². The van der Waals surface area contributed by atoms with Gasteiger partial charge in [0.1, 0.15) is 11.9 Å². The average Bonchev–Trinajstić information content (AvgIpc) is 3.54. The van der Waals surface area contributed by atoms with E-state index in [1.165, 1.54) is 42.9 Å². The van der Waals surface area contributed by atoms with Crippen LogP contribution in [0.2, 0.25) is 0 Å². The highest BCUT2D eigenvalue weighted by atomic mass is 31.3. The Kier molecular flexibility index (Phi) is 17.4. The summed E-state index contributed by atoms with van der Waals surface area (Å²) < 4.78 is 55.2. The van der Waals surface area contributed by atoms with Gasteiger partial charge in [0, 0.05) is 18.2 Å². The number of benzene rings is 1. The number of carbonyl (C=O) groups is 1. The quantitative estimate of drug-likeness (QED) is 0.0355. The molecule has 0 radical (unpaired) electrons. The Morgan fingerprint density at radius 2 is 1.53 bits per heavy atom. The number of phosphoric ester groups is 1. The van der Waals surface area contributed by atoms with Crippen molar-refractivity contribution in [3.05, 3.63) is 74.6 Å². The number of aryl methyl sites for hydroxylation is 1. The van der Waals surface area contributed by atoms with Gasteiger partial charge >= 0.3 is 27.1 Å². The number of phosphoric acid groups is 1. The molecule has 1 aliphatic rings. The van der Waals surface area contributed by atoms with Crippen LogP contribution in [0.4, 0.5) is 0 Å². The summed E-state index contributed by atoms with van der Waals surface area (Å²) in [6.45, 7) is 5.11. The minimum Gasteiger partial charge on any atom is -0.427 e. The van der Waals surface area contributed by atoms with Gasteiger partial charge in [-0.25, -0.2) is 13.7 Å². The molecule has 49 heavy (non-hydrogen) atoms. The zero-order chi connectivity index (χ0) is 35.7. The van der Waals surface area contributed by atoms with Crippen LogP contribution in [0.15, 0.2) is 52.2 Å². The van der Waals surface area contributed by atoms with Crippen LogP contribution in [0.3, 0.4) is 0 Å². The van der Waals surface area contributed by atoms with Gasteiger partial charge in [-0.15, -0.1) is 0 Å².